The minimum Gasteiger partial charge on any atom is -0.370 e. The first-order valence-electron chi connectivity index (χ1n) is 7.92. The molecule has 4 heteroatoms. The summed E-state index contributed by atoms with van der Waals surface area (Å²) >= 11 is 0. The third kappa shape index (κ3) is 3.90. The van der Waals surface area contributed by atoms with Crippen LogP contribution in [0.4, 0.5) is 10.5 Å². The molecule has 1 atom stereocenters. The van der Waals surface area contributed by atoms with Crippen LogP contribution >= 0.6 is 0 Å². The van der Waals surface area contributed by atoms with Crippen molar-refractivity contribution >= 4 is 11.7 Å². The van der Waals surface area contributed by atoms with Gasteiger partial charge in [0.1, 0.15) is 6.10 Å². The molecule has 2 aromatic rings. The normalized spacial score (nSPS) is 17.8. The van der Waals surface area contributed by atoms with E-state index >= 15 is 0 Å². The maximum Gasteiger partial charge on any atom is 0.322 e. The van der Waals surface area contributed by atoms with Crippen LogP contribution in [0.3, 0.4) is 0 Å². The number of hydrogen-bond donors (Lipinski definition) is 1. The van der Waals surface area contributed by atoms with Crippen LogP contribution in [0.2, 0.25) is 0 Å². The van der Waals surface area contributed by atoms with Gasteiger partial charge in [-0.25, -0.2) is 4.79 Å². The number of urea groups is 1. The van der Waals surface area contributed by atoms with Gasteiger partial charge in [-0.1, -0.05) is 36.4 Å². The summed E-state index contributed by atoms with van der Waals surface area (Å²) in [7, 11) is 0. The Morgan fingerprint density at radius 2 is 1.83 bits per heavy atom. The van der Waals surface area contributed by atoms with Crippen LogP contribution in [0.1, 0.15) is 22.8 Å². The maximum absolute atomic E-state index is 12.5. The fourth-order valence-electron chi connectivity index (χ4n) is 2.95. The zero-order valence-electron chi connectivity index (χ0n) is 13.6. The van der Waals surface area contributed by atoms with E-state index in [9.17, 15) is 4.79 Å². The first-order valence-corrected chi connectivity index (χ1v) is 7.92. The van der Waals surface area contributed by atoms with Crippen LogP contribution in [-0.4, -0.2) is 30.6 Å². The van der Waals surface area contributed by atoms with E-state index in [1.165, 1.54) is 0 Å². The Morgan fingerprint density at radius 3 is 2.52 bits per heavy atom. The first kappa shape index (κ1) is 15.6. The lowest BCUT2D eigenvalue weighted by Gasteiger charge is -2.33. The number of anilines is 1. The highest BCUT2D eigenvalue weighted by Crippen LogP contribution is 2.22. The summed E-state index contributed by atoms with van der Waals surface area (Å²) in [5, 5.41) is 3.00. The smallest absolute Gasteiger partial charge is 0.322 e. The Labute approximate surface area is 137 Å². The molecule has 1 fully saturated rings. The van der Waals surface area contributed by atoms with Crippen molar-refractivity contribution in [2.45, 2.75) is 20.0 Å². The zero-order valence-corrected chi connectivity index (χ0v) is 13.6. The average Bonchev–Trinajstić information content (AvgIpc) is 2.55. The molecule has 2 amide bonds. The van der Waals surface area contributed by atoms with Crippen LogP contribution in [0.15, 0.2) is 48.5 Å². The summed E-state index contributed by atoms with van der Waals surface area (Å²) in [6, 6.07) is 16.0. The van der Waals surface area contributed by atoms with Gasteiger partial charge in [-0.2, -0.15) is 0 Å². The Bertz CT molecular complexity index is 665. The van der Waals surface area contributed by atoms with Crippen LogP contribution in [0.25, 0.3) is 0 Å². The molecule has 1 aliphatic rings. The molecule has 120 valence electrons. The summed E-state index contributed by atoms with van der Waals surface area (Å²) in [5.74, 6) is 0. The molecule has 1 unspecified atom stereocenters. The zero-order chi connectivity index (χ0) is 16.2. The molecule has 0 radical (unpaired) electrons. The summed E-state index contributed by atoms with van der Waals surface area (Å²) in [6.07, 6.45) is -0.0602. The second kappa shape index (κ2) is 6.84. The van der Waals surface area contributed by atoms with Gasteiger partial charge < -0.3 is 15.0 Å². The Balaban J connectivity index is 1.67. The lowest BCUT2D eigenvalue weighted by atomic mass is 10.1. The van der Waals surface area contributed by atoms with Gasteiger partial charge in [0.25, 0.3) is 0 Å². The number of nitrogens with one attached hydrogen (secondary N) is 1. The minimum absolute atomic E-state index is 0.0602. The van der Waals surface area contributed by atoms with E-state index in [0.717, 1.165) is 22.4 Å². The van der Waals surface area contributed by atoms with Crippen molar-refractivity contribution in [3.05, 3.63) is 65.2 Å². The molecule has 1 heterocycles. The highest BCUT2D eigenvalue weighted by atomic mass is 16.5. The van der Waals surface area contributed by atoms with Crippen molar-refractivity contribution in [2.24, 2.45) is 0 Å². The van der Waals surface area contributed by atoms with E-state index in [4.69, 9.17) is 4.74 Å². The van der Waals surface area contributed by atoms with Crippen molar-refractivity contribution in [1.29, 1.82) is 0 Å². The number of rotatable bonds is 2. The highest BCUT2D eigenvalue weighted by molar-refractivity contribution is 5.89. The Morgan fingerprint density at radius 1 is 1.13 bits per heavy atom. The van der Waals surface area contributed by atoms with Crippen molar-refractivity contribution in [1.82, 2.24) is 4.90 Å². The van der Waals surface area contributed by atoms with Gasteiger partial charge in [-0.15, -0.1) is 0 Å². The fourth-order valence-corrected chi connectivity index (χ4v) is 2.95. The number of carbonyl (C=O) groups is 1. The predicted molar refractivity (Wildman–Crippen MR) is 91.6 cm³/mol. The molecule has 1 aliphatic heterocycles. The third-order valence-corrected chi connectivity index (χ3v) is 4.00. The van der Waals surface area contributed by atoms with Gasteiger partial charge in [-0.05, 0) is 42.7 Å². The molecular formula is C19H22N2O2. The summed E-state index contributed by atoms with van der Waals surface area (Å²) in [5.41, 5.74) is 4.24. The van der Waals surface area contributed by atoms with Gasteiger partial charge in [0.05, 0.1) is 13.2 Å². The Hall–Kier alpha value is -2.33. The number of nitrogens with zero attached hydrogens (tertiary/aromatic N) is 1. The number of hydrogen-bond acceptors (Lipinski definition) is 2. The topological polar surface area (TPSA) is 41.6 Å². The largest absolute Gasteiger partial charge is 0.370 e. The fraction of sp³-hybridized carbons (Fsp3) is 0.316. The van der Waals surface area contributed by atoms with Gasteiger partial charge >= 0.3 is 6.03 Å². The lowest BCUT2D eigenvalue weighted by Crippen LogP contribution is -2.44. The van der Waals surface area contributed by atoms with E-state index in [1.54, 1.807) is 0 Å². The maximum atomic E-state index is 12.5. The van der Waals surface area contributed by atoms with E-state index < -0.39 is 0 Å². The monoisotopic (exact) mass is 310 g/mol. The predicted octanol–water partition coefficient (Wildman–Crippen LogP) is 3.91. The van der Waals surface area contributed by atoms with E-state index in [0.29, 0.717) is 19.7 Å². The van der Waals surface area contributed by atoms with E-state index in [-0.39, 0.29) is 12.1 Å². The van der Waals surface area contributed by atoms with Crippen LogP contribution in [0, 0.1) is 13.8 Å². The van der Waals surface area contributed by atoms with Crippen molar-refractivity contribution in [2.75, 3.05) is 25.0 Å². The van der Waals surface area contributed by atoms with Gasteiger partial charge in [-0.3, -0.25) is 0 Å². The van der Waals surface area contributed by atoms with Crippen LogP contribution in [-0.2, 0) is 4.74 Å². The minimum atomic E-state index is -0.0702. The van der Waals surface area contributed by atoms with Crippen LogP contribution in [0.5, 0.6) is 0 Å². The summed E-state index contributed by atoms with van der Waals surface area (Å²) in [6.45, 7) is 5.80. The van der Waals surface area contributed by atoms with Gasteiger partial charge in [0, 0.05) is 12.2 Å². The molecule has 23 heavy (non-hydrogen) atoms. The molecule has 2 aromatic carbocycles. The molecule has 4 nitrogen and oxygen atoms in total. The quantitative estimate of drug-likeness (QED) is 0.914. The third-order valence-electron chi connectivity index (χ3n) is 4.00. The number of carbonyl (C=O) groups excluding carboxylic acids is 1. The number of amides is 2. The molecule has 0 spiro atoms. The summed E-state index contributed by atoms with van der Waals surface area (Å²) in [4.78, 5) is 14.3. The standard InChI is InChI=1S/C19H22N2O2/c1-14-10-15(2)12-17(11-14)20-19(22)21-8-9-23-18(13-21)16-6-4-3-5-7-16/h3-7,10-12,18H,8-9,13H2,1-2H3,(H,20,22). The van der Waals surface area contributed by atoms with Crippen LogP contribution < -0.4 is 5.32 Å². The molecular weight excluding hydrogens is 288 g/mol. The molecule has 0 saturated carbocycles. The second-order valence-electron chi connectivity index (χ2n) is 6.02. The lowest BCUT2D eigenvalue weighted by molar-refractivity contribution is -0.0135. The molecule has 0 bridgehead atoms. The molecule has 3 rings (SSSR count). The van der Waals surface area contributed by atoms with E-state index in [1.807, 2.05) is 61.2 Å². The van der Waals surface area contributed by atoms with Gasteiger partial charge in [0.2, 0.25) is 0 Å². The number of morpholine rings is 1. The number of benzene rings is 2. The molecule has 1 N–H and O–H groups in total. The number of ether oxygens (including phenoxy) is 1. The molecule has 0 aromatic heterocycles. The average molecular weight is 310 g/mol. The van der Waals surface area contributed by atoms with Crippen molar-refractivity contribution in [3.63, 3.8) is 0 Å². The highest BCUT2D eigenvalue weighted by Gasteiger charge is 2.25. The van der Waals surface area contributed by atoms with Crippen molar-refractivity contribution in [3.8, 4) is 0 Å². The number of aryl methyl sites for hydroxylation is 2. The summed E-state index contributed by atoms with van der Waals surface area (Å²) < 4.78 is 5.81. The van der Waals surface area contributed by atoms with E-state index in [2.05, 4.69) is 11.4 Å². The molecule has 0 aliphatic carbocycles. The Kier molecular flexibility index (Phi) is 4.63. The second-order valence-corrected chi connectivity index (χ2v) is 6.02. The van der Waals surface area contributed by atoms with Crippen molar-refractivity contribution < 1.29 is 9.53 Å². The molecule has 1 saturated heterocycles. The first-order chi connectivity index (χ1) is 11.1. The SMILES string of the molecule is Cc1cc(C)cc(NC(=O)N2CCOC(c3ccccc3)C2)c1. The van der Waals surface area contributed by atoms with Gasteiger partial charge in [0.15, 0.2) is 0 Å².